The van der Waals surface area contributed by atoms with Crippen molar-refractivity contribution in [3.05, 3.63) is 44.6 Å². The van der Waals surface area contributed by atoms with Gasteiger partial charge in [0.05, 0.1) is 14.2 Å². The lowest BCUT2D eigenvalue weighted by atomic mass is 10.1. The standard InChI is InChI=1S/C21H27N5O4/c1-23-18-17(19(27)24(2)21(23)28)26-11-6-5-10-25(20(26)22-18)12-9-14-7-8-15(29-3)16(13-14)30-4/h7-8,13H,5-6,9-12H2,1-4H3. The Morgan fingerprint density at radius 3 is 2.47 bits per heavy atom. The molecule has 9 nitrogen and oxygen atoms in total. The lowest BCUT2D eigenvalue weighted by Gasteiger charge is -2.22. The summed E-state index contributed by atoms with van der Waals surface area (Å²) in [6, 6.07) is 5.92. The van der Waals surface area contributed by atoms with Crippen molar-refractivity contribution >= 4 is 17.1 Å². The molecule has 0 saturated carbocycles. The van der Waals surface area contributed by atoms with E-state index in [2.05, 4.69) is 4.90 Å². The molecule has 0 N–H and O–H groups in total. The first-order chi connectivity index (χ1) is 14.5. The highest BCUT2D eigenvalue weighted by Crippen LogP contribution is 2.28. The summed E-state index contributed by atoms with van der Waals surface area (Å²) >= 11 is 0. The van der Waals surface area contributed by atoms with Gasteiger partial charge in [-0.2, -0.15) is 4.98 Å². The van der Waals surface area contributed by atoms with Crippen LogP contribution in [-0.4, -0.2) is 46.0 Å². The summed E-state index contributed by atoms with van der Waals surface area (Å²) in [6.45, 7) is 2.31. The molecule has 4 rings (SSSR count). The van der Waals surface area contributed by atoms with Crippen molar-refractivity contribution in [2.45, 2.75) is 25.8 Å². The summed E-state index contributed by atoms with van der Waals surface area (Å²) in [6.07, 6.45) is 2.76. The molecule has 0 unspecified atom stereocenters. The molecule has 0 atom stereocenters. The summed E-state index contributed by atoms with van der Waals surface area (Å²) in [5.74, 6) is 2.16. The molecule has 3 aromatic rings. The Morgan fingerprint density at radius 1 is 1.00 bits per heavy atom. The van der Waals surface area contributed by atoms with Crippen molar-refractivity contribution in [1.82, 2.24) is 18.7 Å². The highest BCUT2D eigenvalue weighted by atomic mass is 16.5. The molecule has 2 aromatic heterocycles. The third-order valence-corrected chi connectivity index (χ3v) is 5.79. The van der Waals surface area contributed by atoms with Crippen molar-refractivity contribution < 1.29 is 9.47 Å². The number of methoxy groups -OCH3 is 2. The number of anilines is 1. The quantitative estimate of drug-likeness (QED) is 0.627. The zero-order chi connectivity index (χ0) is 21.4. The van der Waals surface area contributed by atoms with Gasteiger partial charge in [-0.05, 0) is 37.0 Å². The lowest BCUT2D eigenvalue weighted by molar-refractivity contribution is 0.354. The highest BCUT2D eigenvalue weighted by Gasteiger charge is 2.24. The Bertz CT molecular complexity index is 1210. The molecular weight excluding hydrogens is 386 g/mol. The van der Waals surface area contributed by atoms with Crippen molar-refractivity contribution in [3.63, 3.8) is 0 Å². The minimum absolute atomic E-state index is 0.298. The molecule has 0 saturated heterocycles. The average molecular weight is 413 g/mol. The highest BCUT2D eigenvalue weighted by molar-refractivity contribution is 5.74. The van der Waals surface area contributed by atoms with E-state index < -0.39 is 0 Å². The third-order valence-electron chi connectivity index (χ3n) is 5.79. The van der Waals surface area contributed by atoms with Crippen LogP contribution in [0.5, 0.6) is 11.5 Å². The van der Waals surface area contributed by atoms with E-state index in [4.69, 9.17) is 14.5 Å². The van der Waals surface area contributed by atoms with Crippen LogP contribution in [0.1, 0.15) is 18.4 Å². The minimum atomic E-state index is -0.363. The average Bonchev–Trinajstić information content (AvgIpc) is 3.03. The van der Waals surface area contributed by atoms with E-state index in [0.29, 0.717) is 29.2 Å². The van der Waals surface area contributed by atoms with Gasteiger partial charge < -0.3 is 18.9 Å². The second kappa shape index (κ2) is 7.89. The van der Waals surface area contributed by atoms with Crippen molar-refractivity contribution in [1.29, 1.82) is 0 Å². The molecule has 1 aliphatic rings. The Kier molecular flexibility index (Phi) is 5.27. The van der Waals surface area contributed by atoms with E-state index >= 15 is 0 Å². The maximum atomic E-state index is 12.8. The van der Waals surface area contributed by atoms with Crippen molar-refractivity contribution in [2.75, 3.05) is 32.2 Å². The zero-order valence-corrected chi connectivity index (χ0v) is 17.8. The summed E-state index contributed by atoms with van der Waals surface area (Å²) in [5, 5.41) is 0. The van der Waals surface area contributed by atoms with Crippen LogP contribution in [0.15, 0.2) is 27.8 Å². The molecule has 30 heavy (non-hydrogen) atoms. The summed E-state index contributed by atoms with van der Waals surface area (Å²) < 4.78 is 15.3. The molecule has 0 fully saturated rings. The Labute approximate surface area is 174 Å². The van der Waals surface area contributed by atoms with Crippen LogP contribution in [0.25, 0.3) is 11.2 Å². The second-order valence-corrected chi connectivity index (χ2v) is 7.57. The van der Waals surface area contributed by atoms with Gasteiger partial charge in [0.1, 0.15) is 0 Å². The van der Waals surface area contributed by atoms with Crippen LogP contribution < -0.4 is 25.6 Å². The number of benzene rings is 1. The molecule has 0 spiro atoms. The van der Waals surface area contributed by atoms with E-state index in [9.17, 15) is 9.59 Å². The van der Waals surface area contributed by atoms with Gasteiger partial charge in [-0.3, -0.25) is 13.9 Å². The number of rotatable bonds is 5. The molecule has 9 heteroatoms. The largest absolute Gasteiger partial charge is 0.493 e. The molecule has 1 aliphatic heterocycles. The van der Waals surface area contributed by atoms with Gasteiger partial charge in [0, 0.05) is 33.7 Å². The molecule has 0 aliphatic carbocycles. The summed E-state index contributed by atoms with van der Waals surface area (Å²) in [4.78, 5) is 32.1. The number of hydrogen-bond acceptors (Lipinski definition) is 6. The second-order valence-electron chi connectivity index (χ2n) is 7.57. The number of nitrogens with zero attached hydrogens (tertiary/aromatic N) is 5. The van der Waals surface area contributed by atoms with E-state index in [1.165, 1.54) is 11.6 Å². The number of aromatic nitrogens is 4. The van der Waals surface area contributed by atoms with Crippen LogP contribution in [0, 0.1) is 0 Å². The first-order valence-corrected chi connectivity index (χ1v) is 10.1. The smallest absolute Gasteiger partial charge is 0.332 e. The topological polar surface area (TPSA) is 83.5 Å². The number of hydrogen-bond donors (Lipinski definition) is 0. The fourth-order valence-corrected chi connectivity index (χ4v) is 4.07. The fraction of sp³-hybridized carbons (Fsp3) is 0.476. The monoisotopic (exact) mass is 413 g/mol. The predicted molar refractivity (Wildman–Crippen MR) is 115 cm³/mol. The Morgan fingerprint density at radius 2 is 1.73 bits per heavy atom. The lowest BCUT2D eigenvalue weighted by Crippen LogP contribution is -2.37. The van der Waals surface area contributed by atoms with Gasteiger partial charge in [-0.1, -0.05) is 6.07 Å². The zero-order valence-electron chi connectivity index (χ0n) is 17.8. The van der Waals surface area contributed by atoms with Crippen LogP contribution >= 0.6 is 0 Å². The molecule has 0 radical (unpaired) electrons. The third kappa shape index (κ3) is 3.24. The minimum Gasteiger partial charge on any atom is -0.493 e. The number of aryl methyl sites for hydroxylation is 2. The van der Waals surface area contributed by atoms with Gasteiger partial charge in [0.2, 0.25) is 5.95 Å². The van der Waals surface area contributed by atoms with Gasteiger partial charge >= 0.3 is 5.69 Å². The summed E-state index contributed by atoms with van der Waals surface area (Å²) in [7, 11) is 6.42. The maximum Gasteiger partial charge on any atom is 0.332 e. The van der Waals surface area contributed by atoms with Crippen molar-refractivity contribution in [3.8, 4) is 11.5 Å². The molecule has 0 bridgehead atoms. The molecule has 3 heterocycles. The van der Waals surface area contributed by atoms with Crippen LogP contribution in [0.4, 0.5) is 5.95 Å². The number of imidazole rings is 1. The van der Waals surface area contributed by atoms with Gasteiger partial charge in [0.25, 0.3) is 5.56 Å². The van der Waals surface area contributed by atoms with E-state index in [1.807, 2.05) is 22.8 Å². The van der Waals surface area contributed by atoms with Gasteiger partial charge in [-0.25, -0.2) is 4.79 Å². The van der Waals surface area contributed by atoms with Crippen molar-refractivity contribution in [2.24, 2.45) is 14.1 Å². The van der Waals surface area contributed by atoms with Crippen LogP contribution in [-0.2, 0) is 27.1 Å². The van der Waals surface area contributed by atoms with Crippen LogP contribution in [0.3, 0.4) is 0 Å². The molecular formula is C21H27N5O4. The van der Waals surface area contributed by atoms with Gasteiger partial charge in [0.15, 0.2) is 22.7 Å². The number of ether oxygens (including phenoxy) is 2. The number of fused-ring (bicyclic) bond motifs is 3. The Hall–Kier alpha value is -3.23. The van der Waals surface area contributed by atoms with E-state index in [0.717, 1.165) is 48.4 Å². The molecule has 1 aromatic carbocycles. The first-order valence-electron chi connectivity index (χ1n) is 10.1. The maximum absolute atomic E-state index is 12.8. The SMILES string of the molecule is COc1ccc(CCN2CCCCn3c2nc2c3c(=O)n(C)c(=O)n2C)cc1OC. The van der Waals surface area contributed by atoms with Crippen LogP contribution in [0.2, 0.25) is 0 Å². The predicted octanol–water partition coefficient (Wildman–Crippen LogP) is 1.29. The van der Waals surface area contributed by atoms with E-state index in [1.54, 1.807) is 21.3 Å². The fourth-order valence-electron chi connectivity index (χ4n) is 4.07. The Balaban J connectivity index is 1.70. The molecule has 0 amide bonds. The first kappa shape index (κ1) is 20.1. The van der Waals surface area contributed by atoms with E-state index in [-0.39, 0.29) is 11.2 Å². The van der Waals surface area contributed by atoms with Gasteiger partial charge in [-0.15, -0.1) is 0 Å². The summed E-state index contributed by atoms with van der Waals surface area (Å²) in [5.41, 5.74) is 1.40. The molecule has 160 valence electrons. The normalized spacial score (nSPS) is 13.9.